The summed E-state index contributed by atoms with van der Waals surface area (Å²) < 4.78 is 5.59. The number of hydrogen-bond donors (Lipinski definition) is 2. The van der Waals surface area contributed by atoms with E-state index in [2.05, 4.69) is 10.2 Å². The second kappa shape index (κ2) is 9.30. The zero-order valence-corrected chi connectivity index (χ0v) is 15.1. The lowest BCUT2D eigenvalue weighted by atomic mass is 10.1. The zero-order chi connectivity index (χ0) is 19.1. The van der Waals surface area contributed by atoms with E-state index in [1.807, 2.05) is 60.7 Å². The van der Waals surface area contributed by atoms with Gasteiger partial charge in [-0.05, 0) is 11.1 Å². The minimum absolute atomic E-state index is 0.238. The van der Waals surface area contributed by atoms with Crippen LogP contribution in [0, 0.1) is 0 Å². The van der Waals surface area contributed by atoms with E-state index in [4.69, 9.17) is 4.74 Å². The van der Waals surface area contributed by atoms with Crippen molar-refractivity contribution >= 4 is 11.9 Å². The fourth-order valence-electron chi connectivity index (χ4n) is 3.16. The summed E-state index contributed by atoms with van der Waals surface area (Å²) >= 11 is 0. The number of ether oxygens (including phenoxy) is 1. The van der Waals surface area contributed by atoms with E-state index in [0.29, 0.717) is 13.2 Å². The summed E-state index contributed by atoms with van der Waals surface area (Å²) in [5.74, 6) is -1.43. The number of morpholine rings is 1. The molecule has 6 heteroatoms. The summed E-state index contributed by atoms with van der Waals surface area (Å²) in [7, 11) is 0. The Hall–Kier alpha value is -2.70. The van der Waals surface area contributed by atoms with E-state index in [9.17, 15) is 14.7 Å². The van der Waals surface area contributed by atoms with Crippen LogP contribution in [0.1, 0.15) is 11.1 Å². The normalized spacial score (nSPS) is 18.6. The van der Waals surface area contributed by atoms with Crippen LogP contribution in [0.2, 0.25) is 0 Å². The molecule has 0 bridgehead atoms. The fraction of sp³-hybridized carbons (Fsp3) is 0.333. The molecule has 2 aromatic rings. The largest absolute Gasteiger partial charge is 0.480 e. The van der Waals surface area contributed by atoms with Crippen molar-refractivity contribution in [2.75, 3.05) is 19.7 Å². The Morgan fingerprint density at radius 1 is 1.07 bits per heavy atom. The van der Waals surface area contributed by atoms with Gasteiger partial charge in [0, 0.05) is 26.1 Å². The molecule has 1 heterocycles. The second-order valence-electron chi connectivity index (χ2n) is 6.67. The minimum Gasteiger partial charge on any atom is -0.480 e. The number of rotatable bonds is 7. The van der Waals surface area contributed by atoms with Crippen LogP contribution in [0.15, 0.2) is 60.7 Å². The zero-order valence-electron chi connectivity index (χ0n) is 15.1. The lowest BCUT2D eigenvalue weighted by Gasteiger charge is -2.32. The van der Waals surface area contributed by atoms with E-state index in [-0.39, 0.29) is 12.3 Å². The molecule has 3 rings (SSSR count). The number of hydrogen-bond acceptors (Lipinski definition) is 4. The number of carbonyl (C=O) groups is 2. The number of benzene rings is 2. The molecular weight excluding hydrogens is 344 g/mol. The molecule has 27 heavy (non-hydrogen) atoms. The third-order valence-electron chi connectivity index (χ3n) is 4.59. The molecule has 1 saturated heterocycles. The van der Waals surface area contributed by atoms with Gasteiger partial charge < -0.3 is 15.2 Å². The first-order valence-corrected chi connectivity index (χ1v) is 9.07. The number of carboxylic acid groups (broad SMARTS) is 1. The van der Waals surface area contributed by atoms with Gasteiger partial charge in [-0.1, -0.05) is 60.7 Å². The van der Waals surface area contributed by atoms with Crippen LogP contribution in [0.25, 0.3) is 0 Å². The van der Waals surface area contributed by atoms with Crippen molar-refractivity contribution < 1.29 is 19.4 Å². The fourth-order valence-corrected chi connectivity index (χ4v) is 3.16. The molecule has 2 atom stereocenters. The monoisotopic (exact) mass is 368 g/mol. The van der Waals surface area contributed by atoms with E-state index in [1.54, 1.807) is 0 Å². The van der Waals surface area contributed by atoms with Gasteiger partial charge in [0.2, 0.25) is 0 Å². The van der Waals surface area contributed by atoms with Crippen molar-refractivity contribution in [3.63, 3.8) is 0 Å². The van der Waals surface area contributed by atoms with Gasteiger partial charge in [0.25, 0.3) is 5.91 Å². The Bertz CT molecular complexity index is 751. The number of amides is 1. The molecule has 6 nitrogen and oxygen atoms in total. The van der Waals surface area contributed by atoms with Gasteiger partial charge in [-0.3, -0.25) is 9.69 Å². The predicted molar refractivity (Wildman–Crippen MR) is 101 cm³/mol. The number of nitrogens with zero attached hydrogens (tertiary/aromatic N) is 1. The summed E-state index contributed by atoms with van der Waals surface area (Å²) in [5, 5.41) is 12.1. The highest BCUT2D eigenvalue weighted by atomic mass is 16.5. The highest BCUT2D eigenvalue weighted by molar-refractivity contribution is 5.86. The van der Waals surface area contributed by atoms with Crippen LogP contribution in [-0.2, 0) is 27.3 Å². The summed E-state index contributed by atoms with van der Waals surface area (Å²) in [5.41, 5.74) is 2.03. The summed E-state index contributed by atoms with van der Waals surface area (Å²) in [6.45, 7) is 2.37. The predicted octanol–water partition coefficient (Wildman–Crippen LogP) is 1.70. The molecule has 1 aliphatic heterocycles. The van der Waals surface area contributed by atoms with Crippen molar-refractivity contribution in [3.8, 4) is 0 Å². The molecule has 0 unspecified atom stereocenters. The van der Waals surface area contributed by atoms with Gasteiger partial charge in [0.05, 0.1) is 6.61 Å². The SMILES string of the molecule is O=C(O)[C@H](Cc1ccccc1)NC(=O)[C@H]1CN(Cc2ccccc2)CCO1. The lowest BCUT2D eigenvalue weighted by molar-refractivity contribution is -0.146. The first-order chi connectivity index (χ1) is 13.1. The Morgan fingerprint density at radius 3 is 2.33 bits per heavy atom. The van der Waals surface area contributed by atoms with Gasteiger partial charge in [-0.2, -0.15) is 0 Å². The minimum atomic E-state index is -1.05. The van der Waals surface area contributed by atoms with Gasteiger partial charge in [0.1, 0.15) is 12.1 Å². The van der Waals surface area contributed by atoms with Gasteiger partial charge in [-0.25, -0.2) is 4.79 Å². The van der Waals surface area contributed by atoms with Gasteiger partial charge in [-0.15, -0.1) is 0 Å². The molecule has 1 amide bonds. The number of nitrogens with one attached hydrogen (secondary N) is 1. The molecule has 1 aliphatic rings. The average Bonchev–Trinajstić information content (AvgIpc) is 2.69. The maximum Gasteiger partial charge on any atom is 0.326 e. The van der Waals surface area contributed by atoms with Crippen molar-refractivity contribution in [3.05, 3.63) is 71.8 Å². The Balaban J connectivity index is 1.57. The standard InChI is InChI=1S/C21H24N2O4/c24-20(22-18(21(25)26)13-16-7-3-1-4-8-16)19-15-23(11-12-27-19)14-17-9-5-2-6-10-17/h1-10,18-19H,11-15H2,(H,22,24)(H,25,26)/t18-,19+/m0/s1. The molecule has 0 radical (unpaired) electrons. The Morgan fingerprint density at radius 2 is 1.70 bits per heavy atom. The molecule has 0 spiro atoms. The number of aliphatic carboxylic acids is 1. The van der Waals surface area contributed by atoms with Crippen LogP contribution in [0.3, 0.4) is 0 Å². The quantitative estimate of drug-likeness (QED) is 0.778. The Kier molecular flexibility index (Phi) is 6.57. The highest BCUT2D eigenvalue weighted by Gasteiger charge is 2.30. The van der Waals surface area contributed by atoms with Crippen molar-refractivity contribution in [1.82, 2.24) is 10.2 Å². The van der Waals surface area contributed by atoms with Crippen LogP contribution in [-0.4, -0.2) is 53.7 Å². The van der Waals surface area contributed by atoms with Crippen molar-refractivity contribution in [2.24, 2.45) is 0 Å². The number of carbonyl (C=O) groups excluding carboxylic acids is 1. The smallest absolute Gasteiger partial charge is 0.326 e. The number of carboxylic acids is 1. The van der Waals surface area contributed by atoms with E-state index >= 15 is 0 Å². The first-order valence-electron chi connectivity index (χ1n) is 9.07. The molecule has 0 aromatic heterocycles. The van der Waals surface area contributed by atoms with E-state index < -0.39 is 18.1 Å². The maximum atomic E-state index is 12.6. The summed E-state index contributed by atoms with van der Waals surface area (Å²) in [6, 6.07) is 18.3. The van der Waals surface area contributed by atoms with Crippen LogP contribution in [0.4, 0.5) is 0 Å². The third-order valence-corrected chi connectivity index (χ3v) is 4.59. The highest BCUT2D eigenvalue weighted by Crippen LogP contribution is 2.11. The van der Waals surface area contributed by atoms with Gasteiger partial charge in [0.15, 0.2) is 0 Å². The topological polar surface area (TPSA) is 78.9 Å². The molecule has 2 N–H and O–H groups in total. The average molecular weight is 368 g/mol. The summed E-state index contributed by atoms with van der Waals surface area (Å²) in [4.78, 5) is 26.3. The molecule has 1 fully saturated rings. The third kappa shape index (κ3) is 5.64. The van der Waals surface area contributed by atoms with Crippen molar-refractivity contribution in [2.45, 2.75) is 25.1 Å². The van der Waals surface area contributed by atoms with Crippen molar-refractivity contribution in [1.29, 1.82) is 0 Å². The van der Waals surface area contributed by atoms with Crippen LogP contribution >= 0.6 is 0 Å². The molecular formula is C21H24N2O4. The summed E-state index contributed by atoms with van der Waals surface area (Å²) in [6.07, 6.45) is -0.428. The maximum absolute atomic E-state index is 12.6. The molecule has 0 saturated carbocycles. The molecule has 142 valence electrons. The van der Waals surface area contributed by atoms with Crippen LogP contribution < -0.4 is 5.32 Å². The van der Waals surface area contributed by atoms with E-state index in [1.165, 1.54) is 5.56 Å². The van der Waals surface area contributed by atoms with Gasteiger partial charge >= 0.3 is 5.97 Å². The van der Waals surface area contributed by atoms with E-state index in [0.717, 1.165) is 18.7 Å². The first kappa shape index (κ1) is 19.1. The molecule has 2 aromatic carbocycles. The van der Waals surface area contributed by atoms with Crippen LogP contribution in [0.5, 0.6) is 0 Å². The molecule has 0 aliphatic carbocycles. The lowest BCUT2D eigenvalue weighted by Crippen LogP contribution is -2.53. The second-order valence-corrected chi connectivity index (χ2v) is 6.67. The Labute approximate surface area is 158 Å².